The molecule has 1 aliphatic rings. The molecule has 0 atom stereocenters. The number of amides is 1. The minimum absolute atomic E-state index is 0.0300. The average Bonchev–Trinajstić information content (AvgIpc) is 3.55. The van der Waals surface area contributed by atoms with E-state index in [1.54, 1.807) is 18.3 Å². The molecule has 1 aliphatic heterocycles. The highest BCUT2D eigenvalue weighted by molar-refractivity contribution is 7.08. The largest absolute Gasteiger partial charge is 0.476 e. The van der Waals surface area contributed by atoms with Gasteiger partial charge in [-0.05, 0) is 53.9 Å². The van der Waals surface area contributed by atoms with Crippen LogP contribution >= 0.6 is 11.3 Å². The summed E-state index contributed by atoms with van der Waals surface area (Å²) in [6, 6.07) is 13.2. The van der Waals surface area contributed by atoms with Crippen molar-refractivity contribution in [3.05, 3.63) is 76.2 Å². The molecule has 4 aromatic rings. The third-order valence-electron chi connectivity index (χ3n) is 6.32. The van der Waals surface area contributed by atoms with Crippen LogP contribution in [0.2, 0.25) is 12.6 Å². The second-order valence-corrected chi connectivity index (χ2v) is 9.26. The molecule has 0 aliphatic carbocycles. The summed E-state index contributed by atoms with van der Waals surface area (Å²) in [5, 5.41) is 25.5. The summed E-state index contributed by atoms with van der Waals surface area (Å²) in [7, 11) is 0. The standard InChI is InChI=1S/C25H22BN5O3S/c27-16-26-8-11-30(12-9-26)19-5-3-17(4-6-19)14-28-24(32)20-2-1-10-31-22(25(33)34)21(29-23(20)31)18-7-13-35-15-18/h1-7,10,13,15H,8-9,11-12,14H2,(H,28,32)(H,33,34). The highest BCUT2D eigenvalue weighted by Crippen LogP contribution is 2.28. The minimum atomic E-state index is -1.10. The molecule has 1 fully saturated rings. The number of anilines is 1. The van der Waals surface area contributed by atoms with Gasteiger partial charge in [0.25, 0.3) is 12.6 Å². The Morgan fingerprint density at radius 2 is 1.94 bits per heavy atom. The van der Waals surface area contributed by atoms with E-state index in [9.17, 15) is 14.7 Å². The molecule has 1 saturated heterocycles. The van der Waals surface area contributed by atoms with E-state index in [1.807, 2.05) is 41.1 Å². The molecule has 5 rings (SSSR count). The number of benzene rings is 1. The summed E-state index contributed by atoms with van der Waals surface area (Å²) in [4.78, 5) is 31.8. The van der Waals surface area contributed by atoms with Crippen LogP contribution in [0.1, 0.15) is 26.4 Å². The normalized spacial score (nSPS) is 13.6. The number of hydrogen-bond donors (Lipinski definition) is 2. The number of pyridine rings is 1. The molecule has 0 unspecified atom stereocenters. The molecule has 2 N–H and O–H groups in total. The molecular formula is C25H22BN5O3S. The van der Waals surface area contributed by atoms with Gasteiger partial charge in [-0.2, -0.15) is 11.3 Å². The third-order valence-corrected chi connectivity index (χ3v) is 7.01. The Balaban J connectivity index is 1.32. The highest BCUT2D eigenvalue weighted by Gasteiger charge is 2.24. The number of carboxylic acids is 1. The number of thiophene rings is 1. The maximum Gasteiger partial charge on any atom is 0.355 e. The summed E-state index contributed by atoms with van der Waals surface area (Å²) in [6.45, 7) is 2.22. The van der Waals surface area contributed by atoms with Gasteiger partial charge < -0.3 is 15.3 Å². The fourth-order valence-electron chi connectivity index (χ4n) is 4.42. The molecule has 8 nitrogen and oxygen atoms in total. The van der Waals surface area contributed by atoms with Crippen molar-refractivity contribution in [1.82, 2.24) is 14.7 Å². The maximum absolute atomic E-state index is 13.0. The van der Waals surface area contributed by atoms with Crippen LogP contribution in [0.3, 0.4) is 0 Å². The first kappa shape index (κ1) is 22.7. The Morgan fingerprint density at radius 1 is 1.17 bits per heavy atom. The zero-order valence-electron chi connectivity index (χ0n) is 18.8. The second-order valence-electron chi connectivity index (χ2n) is 8.48. The van der Waals surface area contributed by atoms with Gasteiger partial charge in [-0.25, -0.2) is 15.0 Å². The van der Waals surface area contributed by atoms with Crippen molar-refractivity contribution in [2.45, 2.75) is 19.2 Å². The lowest BCUT2D eigenvalue weighted by molar-refractivity contribution is 0.0689. The van der Waals surface area contributed by atoms with E-state index in [2.05, 4.69) is 21.2 Å². The van der Waals surface area contributed by atoms with Crippen LogP contribution in [-0.2, 0) is 6.54 Å². The fourth-order valence-corrected chi connectivity index (χ4v) is 5.06. The maximum atomic E-state index is 13.0. The zero-order chi connectivity index (χ0) is 24.4. The van der Waals surface area contributed by atoms with Crippen LogP contribution < -0.4 is 10.2 Å². The second kappa shape index (κ2) is 9.64. The molecule has 4 heterocycles. The summed E-state index contributed by atoms with van der Waals surface area (Å²) < 4.78 is 1.45. The van der Waals surface area contributed by atoms with Crippen molar-refractivity contribution in [2.24, 2.45) is 0 Å². The summed E-state index contributed by atoms with van der Waals surface area (Å²) in [6.07, 6.45) is 3.37. The fraction of sp³-hybridized carbons (Fsp3) is 0.200. The van der Waals surface area contributed by atoms with Gasteiger partial charge in [0.15, 0.2) is 11.3 Å². The van der Waals surface area contributed by atoms with Crippen molar-refractivity contribution in [2.75, 3.05) is 18.0 Å². The van der Waals surface area contributed by atoms with Gasteiger partial charge in [0.2, 0.25) is 0 Å². The van der Waals surface area contributed by atoms with Gasteiger partial charge in [0.05, 0.1) is 5.56 Å². The lowest BCUT2D eigenvalue weighted by atomic mass is 9.45. The SMILES string of the molecule is N#CB1CCN(c2ccc(CNC(=O)c3cccn4c(C(=O)O)c(-c5ccsc5)nc34)cc2)CC1. The minimum Gasteiger partial charge on any atom is -0.476 e. The number of aromatic carboxylic acids is 1. The summed E-state index contributed by atoms with van der Waals surface area (Å²) in [5.74, 6) is 0.927. The number of aromatic nitrogens is 2. The number of imidazole rings is 1. The van der Waals surface area contributed by atoms with E-state index in [-0.39, 0.29) is 18.3 Å². The number of rotatable bonds is 6. The first-order chi connectivity index (χ1) is 17.0. The van der Waals surface area contributed by atoms with Crippen molar-refractivity contribution in [3.8, 4) is 17.2 Å². The van der Waals surface area contributed by atoms with Gasteiger partial charge >= 0.3 is 5.97 Å². The van der Waals surface area contributed by atoms with E-state index in [0.717, 1.165) is 37.0 Å². The summed E-state index contributed by atoms with van der Waals surface area (Å²) >= 11 is 1.45. The van der Waals surface area contributed by atoms with Crippen molar-refractivity contribution >= 4 is 41.3 Å². The Labute approximate surface area is 206 Å². The van der Waals surface area contributed by atoms with Gasteiger partial charge in [0, 0.05) is 48.4 Å². The predicted molar refractivity (Wildman–Crippen MR) is 136 cm³/mol. The van der Waals surface area contributed by atoms with Crippen LogP contribution in [0.4, 0.5) is 5.69 Å². The third kappa shape index (κ3) is 4.50. The van der Waals surface area contributed by atoms with Gasteiger partial charge in [-0.3, -0.25) is 9.20 Å². The van der Waals surface area contributed by atoms with Crippen molar-refractivity contribution in [3.63, 3.8) is 0 Å². The first-order valence-electron chi connectivity index (χ1n) is 11.3. The molecule has 35 heavy (non-hydrogen) atoms. The molecule has 0 bridgehead atoms. The van der Waals surface area contributed by atoms with Crippen LogP contribution in [-0.4, -0.2) is 46.2 Å². The molecule has 0 spiro atoms. The number of carbonyl (C=O) groups is 2. The first-order valence-corrected chi connectivity index (χ1v) is 12.3. The Morgan fingerprint density at radius 3 is 2.60 bits per heavy atom. The number of carboxylic acid groups (broad SMARTS) is 1. The van der Waals surface area contributed by atoms with Crippen LogP contribution in [0.25, 0.3) is 16.9 Å². The van der Waals surface area contributed by atoms with E-state index in [4.69, 9.17) is 5.26 Å². The number of fused-ring (bicyclic) bond motifs is 1. The molecule has 0 saturated carbocycles. The van der Waals surface area contributed by atoms with Crippen molar-refractivity contribution < 1.29 is 14.7 Å². The molecule has 1 aromatic carbocycles. The number of hydrogen-bond acceptors (Lipinski definition) is 6. The van der Waals surface area contributed by atoms with E-state index in [0.29, 0.717) is 29.0 Å². The summed E-state index contributed by atoms with van der Waals surface area (Å²) in [5.41, 5.74) is 3.76. The molecule has 3 aromatic heterocycles. The predicted octanol–water partition coefficient (Wildman–Crippen LogP) is 4.07. The molecule has 0 radical (unpaired) electrons. The topological polar surface area (TPSA) is 111 Å². The van der Waals surface area contributed by atoms with E-state index < -0.39 is 5.97 Å². The van der Waals surface area contributed by atoms with Crippen LogP contribution in [0, 0.1) is 11.2 Å². The Hall–Kier alpha value is -4.10. The molecule has 10 heteroatoms. The Bertz CT molecular complexity index is 1420. The van der Waals surface area contributed by atoms with Crippen LogP contribution in [0.15, 0.2) is 59.4 Å². The monoisotopic (exact) mass is 483 g/mol. The number of nitriles is 1. The van der Waals surface area contributed by atoms with Gasteiger partial charge in [-0.1, -0.05) is 12.1 Å². The number of nitrogens with zero attached hydrogens (tertiary/aromatic N) is 4. The van der Waals surface area contributed by atoms with Gasteiger partial charge in [0.1, 0.15) is 5.69 Å². The van der Waals surface area contributed by atoms with Crippen molar-refractivity contribution in [1.29, 1.82) is 5.26 Å². The molecular weight excluding hydrogens is 461 g/mol. The highest BCUT2D eigenvalue weighted by atomic mass is 32.1. The lowest BCUT2D eigenvalue weighted by Crippen LogP contribution is -2.36. The zero-order valence-corrected chi connectivity index (χ0v) is 19.7. The molecule has 1 amide bonds. The average molecular weight is 483 g/mol. The smallest absolute Gasteiger partial charge is 0.355 e. The number of nitrogens with one attached hydrogen (secondary N) is 1. The number of carbonyl (C=O) groups excluding carboxylic acids is 1. The van der Waals surface area contributed by atoms with E-state index >= 15 is 0 Å². The van der Waals surface area contributed by atoms with E-state index in [1.165, 1.54) is 15.7 Å². The lowest BCUT2D eigenvalue weighted by Gasteiger charge is -2.30. The van der Waals surface area contributed by atoms with Crippen LogP contribution in [0.5, 0.6) is 0 Å². The molecule has 174 valence electrons. The Kier molecular flexibility index (Phi) is 6.25. The quantitative estimate of drug-likeness (QED) is 0.400. The van der Waals surface area contributed by atoms with Gasteiger partial charge in [-0.15, -0.1) is 0 Å².